The van der Waals surface area contributed by atoms with Crippen LogP contribution in [0.1, 0.15) is 18.4 Å². The molecule has 1 aromatic carbocycles. The Morgan fingerprint density at radius 1 is 1.44 bits per heavy atom. The second-order valence-electron chi connectivity index (χ2n) is 4.08. The van der Waals surface area contributed by atoms with Crippen LogP contribution in [-0.4, -0.2) is 23.8 Å². The molecule has 1 aliphatic heterocycles. The summed E-state index contributed by atoms with van der Waals surface area (Å²) < 4.78 is 0. The van der Waals surface area contributed by atoms with Crippen LogP contribution in [0.5, 0.6) is 0 Å². The number of anilines is 1. The molecule has 1 atom stereocenters. The minimum absolute atomic E-state index is 0.00542. The third-order valence-corrected chi connectivity index (χ3v) is 2.88. The molecule has 1 amide bonds. The molecule has 4 nitrogen and oxygen atoms in total. The van der Waals surface area contributed by atoms with Gasteiger partial charge in [-0.25, -0.2) is 4.79 Å². The van der Waals surface area contributed by atoms with E-state index in [1.54, 1.807) is 0 Å². The molecule has 0 saturated heterocycles. The highest BCUT2D eigenvalue weighted by Gasteiger charge is 2.14. The van der Waals surface area contributed by atoms with Crippen LogP contribution in [0.2, 0.25) is 0 Å². The van der Waals surface area contributed by atoms with Crippen molar-refractivity contribution in [3.63, 3.8) is 0 Å². The monoisotopic (exact) mass is 220 g/mol. The summed E-state index contributed by atoms with van der Waals surface area (Å²) in [6, 6.07) is 8.19. The first-order valence-corrected chi connectivity index (χ1v) is 5.57. The van der Waals surface area contributed by atoms with Gasteiger partial charge in [0.2, 0.25) is 0 Å². The first-order chi connectivity index (χ1) is 7.75. The van der Waals surface area contributed by atoms with Gasteiger partial charge in [0.05, 0.1) is 0 Å². The molecule has 0 spiro atoms. The Bertz CT molecular complexity index is 379. The van der Waals surface area contributed by atoms with Gasteiger partial charge in [0.25, 0.3) is 0 Å². The SMILES string of the molecule is O=C(O)N[C@H]1CCCc2ccccc2NC1. The number of fused-ring (bicyclic) bond motifs is 1. The molecule has 0 unspecified atom stereocenters. The number of benzene rings is 1. The Hall–Kier alpha value is -1.71. The van der Waals surface area contributed by atoms with Crippen LogP contribution in [0.4, 0.5) is 10.5 Å². The zero-order valence-corrected chi connectivity index (χ0v) is 9.07. The largest absolute Gasteiger partial charge is 0.465 e. The van der Waals surface area contributed by atoms with E-state index in [-0.39, 0.29) is 6.04 Å². The van der Waals surface area contributed by atoms with Gasteiger partial charge < -0.3 is 15.7 Å². The van der Waals surface area contributed by atoms with Crippen molar-refractivity contribution in [2.75, 3.05) is 11.9 Å². The van der Waals surface area contributed by atoms with Crippen molar-refractivity contribution >= 4 is 11.8 Å². The maximum absolute atomic E-state index is 10.6. The van der Waals surface area contributed by atoms with Crippen LogP contribution in [-0.2, 0) is 6.42 Å². The maximum atomic E-state index is 10.6. The molecule has 16 heavy (non-hydrogen) atoms. The molecule has 2 rings (SSSR count). The lowest BCUT2D eigenvalue weighted by molar-refractivity contribution is 0.189. The molecule has 1 heterocycles. The Kier molecular flexibility index (Phi) is 3.29. The Balaban J connectivity index is 2.04. The molecule has 0 radical (unpaired) electrons. The minimum Gasteiger partial charge on any atom is -0.465 e. The van der Waals surface area contributed by atoms with E-state index in [0.29, 0.717) is 6.54 Å². The highest BCUT2D eigenvalue weighted by atomic mass is 16.4. The summed E-state index contributed by atoms with van der Waals surface area (Å²) in [6.07, 6.45) is 1.96. The normalized spacial score (nSPS) is 19.9. The van der Waals surface area contributed by atoms with Crippen LogP contribution in [0.15, 0.2) is 24.3 Å². The van der Waals surface area contributed by atoms with Gasteiger partial charge in [0, 0.05) is 18.3 Å². The standard InChI is InChI=1S/C12H16N2O2/c15-12(16)14-10-6-3-5-9-4-1-2-7-11(9)13-8-10/h1-2,4,7,10,13-14H,3,5-6,8H2,(H,15,16)/t10-/m0/s1. The predicted octanol–water partition coefficient (Wildman–Crippen LogP) is 2.07. The summed E-state index contributed by atoms with van der Waals surface area (Å²) in [5, 5.41) is 14.5. The first kappa shape index (κ1) is 10.8. The third kappa shape index (κ3) is 2.66. The van der Waals surface area contributed by atoms with E-state index in [1.807, 2.05) is 18.2 Å². The number of hydrogen-bond donors (Lipinski definition) is 3. The van der Waals surface area contributed by atoms with Gasteiger partial charge in [-0.2, -0.15) is 0 Å². The molecule has 1 aromatic rings. The molecule has 0 aliphatic carbocycles. The van der Waals surface area contributed by atoms with E-state index >= 15 is 0 Å². The number of nitrogens with one attached hydrogen (secondary N) is 2. The van der Waals surface area contributed by atoms with E-state index in [2.05, 4.69) is 16.7 Å². The molecular weight excluding hydrogens is 204 g/mol. The van der Waals surface area contributed by atoms with Gasteiger partial charge in [-0.1, -0.05) is 18.2 Å². The van der Waals surface area contributed by atoms with Gasteiger partial charge in [-0.3, -0.25) is 0 Å². The maximum Gasteiger partial charge on any atom is 0.404 e. The Morgan fingerprint density at radius 3 is 3.06 bits per heavy atom. The van der Waals surface area contributed by atoms with Crippen molar-refractivity contribution in [1.29, 1.82) is 0 Å². The second-order valence-corrected chi connectivity index (χ2v) is 4.08. The number of rotatable bonds is 1. The number of para-hydroxylation sites is 1. The summed E-state index contributed by atoms with van der Waals surface area (Å²) in [6.45, 7) is 0.656. The molecule has 3 N–H and O–H groups in total. The van der Waals surface area contributed by atoms with Gasteiger partial charge in [0.15, 0.2) is 0 Å². The van der Waals surface area contributed by atoms with Crippen LogP contribution in [0.25, 0.3) is 0 Å². The van der Waals surface area contributed by atoms with Gasteiger partial charge in [-0.15, -0.1) is 0 Å². The average molecular weight is 220 g/mol. The quantitative estimate of drug-likeness (QED) is 0.679. The molecule has 4 heteroatoms. The zero-order valence-electron chi connectivity index (χ0n) is 9.07. The second kappa shape index (κ2) is 4.88. The van der Waals surface area contributed by atoms with Gasteiger partial charge in [0.1, 0.15) is 0 Å². The highest BCUT2D eigenvalue weighted by Crippen LogP contribution is 2.20. The van der Waals surface area contributed by atoms with Crippen molar-refractivity contribution in [3.8, 4) is 0 Å². The van der Waals surface area contributed by atoms with Crippen LogP contribution < -0.4 is 10.6 Å². The fourth-order valence-corrected chi connectivity index (χ4v) is 2.08. The van der Waals surface area contributed by atoms with E-state index in [9.17, 15) is 4.79 Å². The predicted molar refractivity (Wildman–Crippen MR) is 62.8 cm³/mol. The molecule has 0 aromatic heterocycles. The number of amides is 1. The summed E-state index contributed by atoms with van der Waals surface area (Å²) in [5.41, 5.74) is 2.44. The zero-order chi connectivity index (χ0) is 11.4. The van der Waals surface area contributed by atoms with E-state index < -0.39 is 6.09 Å². The van der Waals surface area contributed by atoms with Crippen LogP contribution in [0.3, 0.4) is 0 Å². The fraction of sp³-hybridized carbons (Fsp3) is 0.417. The van der Waals surface area contributed by atoms with Crippen molar-refractivity contribution in [1.82, 2.24) is 5.32 Å². The molecule has 1 aliphatic rings. The smallest absolute Gasteiger partial charge is 0.404 e. The molecule has 0 fully saturated rings. The lowest BCUT2D eigenvalue weighted by atomic mass is 10.0. The minimum atomic E-state index is -0.944. The number of carbonyl (C=O) groups is 1. The third-order valence-electron chi connectivity index (χ3n) is 2.88. The Labute approximate surface area is 94.7 Å². The van der Waals surface area contributed by atoms with Gasteiger partial charge in [-0.05, 0) is 30.9 Å². The number of hydrogen-bond acceptors (Lipinski definition) is 2. The average Bonchev–Trinajstić information content (AvgIpc) is 2.23. The first-order valence-electron chi connectivity index (χ1n) is 5.57. The summed E-state index contributed by atoms with van der Waals surface area (Å²) >= 11 is 0. The van der Waals surface area contributed by atoms with Crippen molar-refractivity contribution in [3.05, 3.63) is 29.8 Å². The molecule has 0 bridgehead atoms. The summed E-state index contributed by atoms with van der Waals surface area (Å²) in [4.78, 5) is 10.6. The van der Waals surface area contributed by atoms with Crippen molar-refractivity contribution in [2.24, 2.45) is 0 Å². The van der Waals surface area contributed by atoms with Crippen molar-refractivity contribution < 1.29 is 9.90 Å². The Morgan fingerprint density at radius 2 is 2.25 bits per heavy atom. The topological polar surface area (TPSA) is 61.4 Å². The highest BCUT2D eigenvalue weighted by molar-refractivity contribution is 5.65. The van der Waals surface area contributed by atoms with Crippen LogP contribution >= 0.6 is 0 Å². The summed E-state index contributed by atoms with van der Waals surface area (Å²) in [7, 11) is 0. The number of aryl methyl sites for hydroxylation is 1. The van der Waals surface area contributed by atoms with E-state index in [4.69, 9.17) is 5.11 Å². The summed E-state index contributed by atoms with van der Waals surface area (Å²) in [5.74, 6) is 0. The molecule has 0 saturated carbocycles. The van der Waals surface area contributed by atoms with E-state index in [0.717, 1.165) is 24.9 Å². The lowest BCUT2D eigenvalue weighted by Crippen LogP contribution is -2.39. The molecule has 86 valence electrons. The van der Waals surface area contributed by atoms with Crippen molar-refractivity contribution in [2.45, 2.75) is 25.3 Å². The van der Waals surface area contributed by atoms with Gasteiger partial charge >= 0.3 is 6.09 Å². The lowest BCUT2D eigenvalue weighted by Gasteiger charge is -2.22. The fourth-order valence-electron chi connectivity index (χ4n) is 2.08. The molecular formula is C12H16N2O2. The van der Waals surface area contributed by atoms with Crippen LogP contribution in [0, 0.1) is 0 Å². The number of carboxylic acid groups (broad SMARTS) is 1. The van der Waals surface area contributed by atoms with E-state index in [1.165, 1.54) is 5.56 Å².